The Morgan fingerprint density at radius 1 is 0.292 bits per heavy atom. The molecule has 0 saturated carbocycles. The molecule has 48 heavy (non-hydrogen) atoms. The highest BCUT2D eigenvalue weighted by Crippen LogP contribution is 2.52. The Morgan fingerprint density at radius 2 is 0.771 bits per heavy atom. The van der Waals surface area contributed by atoms with E-state index < -0.39 is 0 Å². The lowest BCUT2D eigenvalue weighted by atomic mass is 9.84. The summed E-state index contributed by atoms with van der Waals surface area (Å²) in [6, 6.07) is 60.8. The van der Waals surface area contributed by atoms with E-state index in [9.17, 15) is 0 Å². The van der Waals surface area contributed by atoms with Gasteiger partial charge in [-0.15, -0.1) is 0 Å². The van der Waals surface area contributed by atoms with E-state index in [0.717, 1.165) is 39.1 Å². The molecule has 0 radical (unpaired) electrons. The molecular formula is C46H28N2. The van der Waals surface area contributed by atoms with E-state index in [1.807, 2.05) is 12.1 Å². The van der Waals surface area contributed by atoms with Crippen LogP contribution in [0, 0.1) is 0 Å². The second kappa shape index (κ2) is 10.6. The zero-order valence-electron chi connectivity index (χ0n) is 26.1. The first-order chi connectivity index (χ1) is 23.8. The van der Waals surface area contributed by atoms with E-state index in [1.54, 1.807) is 0 Å². The van der Waals surface area contributed by atoms with Crippen LogP contribution in [0.25, 0.3) is 99.6 Å². The quantitative estimate of drug-likeness (QED) is 0.187. The molecule has 8 aromatic carbocycles. The Balaban J connectivity index is 1.30. The van der Waals surface area contributed by atoms with E-state index >= 15 is 0 Å². The molecule has 1 heterocycles. The zero-order valence-corrected chi connectivity index (χ0v) is 26.1. The first-order valence-corrected chi connectivity index (χ1v) is 16.4. The highest BCUT2D eigenvalue weighted by molar-refractivity contribution is 6.27. The van der Waals surface area contributed by atoms with Crippen LogP contribution in [0.3, 0.4) is 0 Å². The normalized spacial score (nSPS) is 11.8. The molecular weight excluding hydrogens is 581 g/mol. The number of hydrogen-bond donors (Lipinski definition) is 0. The maximum absolute atomic E-state index is 5.34. The van der Waals surface area contributed by atoms with Crippen LogP contribution in [0.15, 0.2) is 170 Å². The third-order valence-corrected chi connectivity index (χ3v) is 9.80. The molecule has 0 spiro atoms. The largest absolute Gasteiger partial charge is 0.244 e. The topological polar surface area (TPSA) is 25.8 Å². The van der Waals surface area contributed by atoms with Crippen LogP contribution in [0.1, 0.15) is 0 Å². The lowest BCUT2D eigenvalue weighted by molar-refractivity contribution is 1.29. The van der Waals surface area contributed by atoms with Crippen LogP contribution >= 0.6 is 0 Å². The fraction of sp³-hybridized carbons (Fsp3) is 0. The van der Waals surface area contributed by atoms with Crippen LogP contribution < -0.4 is 0 Å². The predicted octanol–water partition coefficient (Wildman–Crippen LogP) is 12.3. The van der Waals surface area contributed by atoms with Gasteiger partial charge in [-0.2, -0.15) is 0 Å². The molecule has 2 nitrogen and oxygen atoms in total. The predicted molar refractivity (Wildman–Crippen MR) is 201 cm³/mol. The second-order valence-corrected chi connectivity index (χ2v) is 12.5. The standard InChI is InChI=1S/C46H28N2/c1-3-14-29(15-4-1)45-46(30-16-5-2-6-17-30)48-41-28-31(26-27-40(41)47-45)42-37-22-11-12-23-38(37)43-35-21-10-9-20-33(35)32-18-7-8-19-34(32)36-24-13-25-39(42)44(36)43/h1-28H. The highest BCUT2D eigenvalue weighted by atomic mass is 14.8. The van der Waals surface area contributed by atoms with Crippen molar-refractivity contribution in [2.45, 2.75) is 0 Å². The monoisotopic (exact) mass is 608 g/mol. The lowest BCUT2D eigenvalue weighted by Gasteiger charge is -2.19. The molecule has 1 aromatic heterocycles. The highest BCUT2D eigenvalue weighted by Gasteiger charge is 2.25. The number of rotatable bonds is 3. The first kappa shape index (κ1) is 26.8. The Bertz CT molecular complexity index is 2710. The molecule has 10 rings (SSSR count). The summed E-state index contributed by atoms with van der Waals surface area (Å²) in [5.74, 6) is 0. The molecule has 0 N–H and O–H groups in total. The number of aromatic nitrogens is 2. The average molecular weight is 609 g/mol. The van der Waals surface area contributed by atoms with Crippen LogP contribution in [-0.4, -0.2) is 9.97 Å². The van der Waals surface area contributed by atoms with Crippen molar-refractivity contribution in [1.29, 1.82) is 0 Å². The maximum atomic E-state index is 5.34. The van der Waals surface area contributed by atoms with Gasteiger partial charge in [-0.05, 0) is 78.2 Å². The molecule has 9 aromatic rings. The van der Waals surface area contributed by atoms with Gasteiger partial charge in [0.1, 0.15) is 0 Å². The summed E-state index contributed by atoms with van der Waals surface area (Å²) in [6.45, 7) is 0. The fourth-order valence-electron chi connectivity index (χ4n) is 7.74. The van der Waals surface area contributed by atoms with Gasteiger partial charge in [-0.25, -0.2) is 9.97 Å². The summed E-state index contributed by atoms with van der Waals surface area (Å²) in [5, 5.41) is 5.01. The maximum Gasteiger partial charge on any atom is 0.0973 e. The fourth-order valence-corrected chi connectivity index (χ4v) is 7.74. The summed E-state index contributed by atoms with van der Waals surface area (Å²) in [4.78, 5) is 10.6. The van der Waals surface area contributed by atoms with Crippen molar-refractivity contribution in [2.75, 3.05) is 0 Å². The Kier molecular flexibility index (Phi) is 5.91. The molecule has 0 amide bonds. The molecule has 0 bridgehead atoms. The number of fused-ring (bicyclic) bond motifs is 8. The number of hydrogen-bond acceptors (Lipinski definition) is 2. The van der Waals surface area contributed by atoms with Crippen molar-refractivity contribution in [3.05, 3.63) is 170 Å². The van der Waals surface area contributed by atoms with Crippen molar-refractivity contribution < 1.29 is 0 Å². The van der Waals surface area contributed by atoms with E-state index in [-0.39, 0.29) is 0 Å². The van der Waals surface area contributed by atoms with Crippen LogP contribution in [-0.2, 0) is 0 Å². The summed E-state index contributed by atoms with van der Waals surface area (Å²) in [7, 11) is 0. The molecule has 0 saturated heterocycles. The van der Waals surface area contributed by atoms with Gasteiger partial charge in [-0.1, -0.05) is 158 Å². The third kappa shape index (κ3) is 4.00. The summed E-state index contributed by atoms with van der Waals surface area (Å²) < 4.78 is 0. The molecule has 222 valence electrons. The minimum absolute atomic E-state index is 0.878. The van der Waals surface area contributed by atoms with Gasteiger partial charge in [0.15, 0.2) is 0 Å². The van der Waals surface area contributed by atoms with Crippen molar-refractivity contribution in [1.82, 2.24) is 9.97 Å². The van der Waals surface area contributed by atoms with Crippen LogP contribution in [0.4, 0.5) is 0 Å². The molecule has 1 aliphatic carbocycles. The van der Waals surface area contributed by atoms with Gasteiger partial charge >= 0.3 is 0 Å². The van der Waals surface area contributed by atoms with E-state index in [0.29, 0.717) is 0 Å². The summed E-state index contributed by atoms with van der Waals surface area (Å²) >= 11 is 0. The molecule has 0 atom stereocenters. The van der Waals surface area contributed by atoms with Crippen molar-refractivity contribution in [2.24, 2.45) is 0 Å². The van der Waals surface area contributed by atoms with Gasteiger partial charge in [0, 0.05) is 11.1 Å². The Labute approximate surface area is 278 Å². The van der Waals surface area contributed by atoms with Gasteiger partial charge in [0.05, 0.1) is 22.4 Å². The van der Waals surface area contributed by atoms with Crippen LogP contribution in [0.2, 0.25) is 0 Å². The molecule has 0 fully saturated rings. The lowest BCUT2D eigenvalue weighted by Crippen LogP contribution is -1.96. The third-order valence-electron chi connectivity index (χ3n) is 9.80. The molecule has 0 aliphatic heterocycles. The van der Waals surface area contributed by atoms with E-state index in [1.165, 1.54) is 60.5 Å². The second-order valence-electron chi connectivity index (χ2n) is 12.5. The average Bonchev–Trinajstić information content (AvgIpc) is 3.29. The van der Waals surface area contributed by atoms with E-state index in [4.69, 9.17) is 9.97 Å². The minimum atomic E-state index is 0.878. The number of benzene rings is 8. The first-order valence-electron chi connectivity index (χ1n) is 16.4. The van der Waals surface area contributed by atoms with Gasteiger partial charge in [0.2, 0.25) is 0 Å². The van der Waals surface area contributed by atoms with Gasteiger partial charge < -0.3 is 0 Å². The van der Waals surface area contributed by atoms with Crippen LogP contribution in [0.5, 0.6) is 0 Å². The summed E-state index contributed by atoms with van der Waals surface area (Å²) in [6.07, 6.45) is 0. The minimum Gasteiger partial charge on any atom is -0.244 e. The van der Waals surface area contributed by atoms with Crippen molar-refractivity contribution in [3.63, 3.8) is 0 Å². The molecule has 2 heteroatoms. The summed E-state index contributed by atoms with van der Waals surface area (Å²) in [5.41, 5.74) is 15.6. The molecule has 0 unspecified atom stereocenters. The molecule has 1 aliphatic rings. The van der Waals surface area contributed by atoms with Crippen molar-refractivity contribution in [3.8, 4) is 67.0 Å². The smallest absolute Gasteiger partial charge is 0.0973 e. The van der Waals surface area contributed by atoms with E-state index in [2.05, 4.69) is 158 Å². The Morgan fingerprint density at radius 3 is 1.44 bits per heavy atom. The van der Waals surface area contributed by atoms with Gasteiger partial charge in [0.25, 0.3) is 0 Å². The van der Waals surface area contributed by atoms with Crippen molar-refractivity contribution >= 4 is 32.6 Å². The Hall–Kier alpha value is -6.38. The zero-order chi connectivity index (χ0) is 31.6. The number of nitrogens with zero attached hydrogens (tertiary/aromatic N) is 2. The van der Waals surface area contributed by atoms with Gasteiger partial charge in [-0.3, -0.25) is 0 Å². The SMILES string of the molecule is c1ccc(-c2nc3ccc(-c4c5ccccc5c5c6c(cccc46)-c4ccccc4-c4ccccc4-5)cc3nc2-c2ccccc2)cc1.